The fraction of sp³-hybridized carbons (Fsp3) is 0.625. The van der Waals surface area contributed by atoms with Crippen molar-refractivity contribution in [2.75, 3.05) is 20.3 Å². The Morgan fingerprint density at radius 1 is 1.26 bits per heavy atom. The predicted molar refractivity (Wildman–Crippen MR) is 77.9 cm³/mol. The summed E-state index contributed by atoms with van der Waals surface area (Å²) in [6.45, 7) is 3.83. The molecule has 0 aliphatic heterocycles. The predicted octanol–water partition coefficient (Wildman–Crippen LogP) is 3.24. The zero-order valence-corrected chi connectivity index (χ0v) is 12.0. The number of rotatable bonds is 9. The number of ether oxygens (including phenoxy) is 2. The minimum atomic E-state index is 0.647. The van der Waals surface area contributed by atoms with Crippen LogP contribution in [0.2, 0.25) is 0 Å². The maximum atomic E-state index is 5.76. The molecule has 1 saturated carbocycles. The number of nitrogens with one attached hydrogen (secondary N) is 1. The molecular formula is C16H25NO2. The van der Waals surface area contributed by atoms with E-state index >= 15 is 0 Å². The molecule has 1 aliphatic rings. The minimum absolute atomic E-state index is 0.647. The summed E-state index contributed by atoms with van der Waals surface area (Å²) in [5.74, 6) is 2.60. The molecule has 0 bridgehead atoms. The van der Waals surface area contributed by atoms with Crippen molar-refractivity contribution in [1.29, 1.82) is 0 Å². The fourth-order valence-electron chi connectivity index (χ4n) is 2.31. The van der Waals surface area contributed by atoms with Crippen LogP contribution < -0.4 is 14.8 Å². The van der Waals surface area contributed by atoms with E-state index < -0.39 is 0 Å². The second kappa shape index (κ2) is 7.39. The third-order valence-electron chi connectivity index (χ3n) is 3.67. The molecule has 1 N–H and O–H groups in total. The quantitative estimate of drug-likeness (QED) is 0.694. The van der Waals surface area contributed by atoms with Gasteiger partial charge < -0.3 is 14.8 Å². The highest BCUT2D eigenvalue weighted by molar-refractivity contribution is 5.39. The average Bonchev–Trinajstić information content (AvgIpc) is 3.26. The number of hydrogen-bond acceptors (Lipinski definition) is 3. The molecule has 0 heterocycles. The lowest BCUT2D eigenvalue weighted by molar-refractivity contribution is 0.282. The van der Waals surface area contributed by atoms with E-state index in [-0.39, 0.29) is 0 Å². The average molecular weight is 263 g/mol. The van der Waals surface area contributed by atoms with Crippen LogP contribution in [0.3, 0.4) is 0 Å². The van der Waals surface area contributed by atoms with Crippen molar-refractivity contribution < 1.29 is 9.47 Å². The van der Waals surface area contributed by atoms with E-state index in [9.17, 15) is 0 Å². The first-order valence-corrected chi connectivity index (χ1v) is 7.32. The Morgan fingerprint density at radius 3 is 2.63 bits per heavy atom. The molecule has 106 valence electrons. The normalized spacial score (nSPS) is 16.1. The van der Waals surface area contributed by atoms with E-state index in [2.05, 4.69) is 12.2 Å². The first kappa shape index (κ1) is 14.2. The molecule has 19 heavy (non-hydrogen) atoms. The van der Waals surface area contributed by atoms with E-state index in [0.29, 0.717) is 12.6 Å². The lowest BCUT2D eigenvalue weighted by Crippen LogP contribution is -2.32. The number of para-hydroxylation sites is 2. The fourth-order valence-corrected chi connectivity index (χ4v) is 2.31. The summed E-state index contributed by atoms with van der Waals surface area (Å²) in [5, 5.41) is 3.58. The van der Waals surface area contributed by atoms with E-state index in [4.69, 9.17) is 9.47 Å². The Hall–Kier alpha value is -1.22. The molecule has 1 aromatic rings. The standard InChI is InChI=1S/C16H25NO2/c1-3-14(12-13-8-9-13)17-10-11-19-16-7-5-4-6-15(16)18-2/h4-7,13-14,17H,3,8-12H2,1-2H3. The molecule has 0 saturated heterocycles. The van der Waals surface area contributed by atoms with Crippen molar-refractivity contribution in [3.05, 3.63) is 24.3 Å². The SMILES string of the molecule is CCC(CC1CC1)NCCOc1ccccc1OC. The summed E-state index contributed by atoms with van der Waals surface area (Å²) < 4.78 is 11.0. The molecule has 1 unspecified atom stereocenters. The highest BCUT2D eigenvalue weighted by atomic mass is 16.5. The molecule has 2 rings (SSSR count). The van der Waals surface area contributed by atoms with Crippen LogP contribution in [-0.4, -0.2) is 26.3 Å². The largest absolute Gasteiger partial charge is 0.493 e. The third kappa shape index (κ3) is 4.75. The van der Waals surface area contributed by atoms with Crippen molar-refractivity contribution in [1.82, 2.24) is 5.32 Å². The van der Waals surface area contributed by atoms with Gasteiger partial charge in [0.05, 0.1) is 7.11 Å². The van der Waals surface area contributed by atoms with Crippen LogP contribution in [0.1, 0.15) is 32.6 Å². The second-order valence-electron chi connectivity index (χ2n) is 5.24. The van der Waals surface area contributed by atoms with Crippen molar-refractivity contribution in [2.24, 2.45) is 5.92 Å². The zero-order valence-electron chi connectivity index (χ0n) is 12.0. The van der Waals surface area contributed by atoms with Gasteiger partial charge in [0.15, 0.2) is 11.5 Å². The molecule has 1 atom stereocenters. The van der Waals surface area contributed by atoms with E-state index in [1.54, 1.807) is 7.11 Å². The number of benzene rings is 1. The molecular weight excluding hydrogens is 238 g/mol. The summed E-state index contributed by atoms with van der Waals surface area (Å²) >= 11 is 0. The van der Waals surface area contributed by atoms with Crippen LogP contribution in [0, 0.1) is 5.92 Å². The van der Waals surface area contributed by atoms with Gasteiger partial charge in [-0.25, -0.2) is 0 Å². The Kier molecular flexibility index (Phi) is 5.52. The molecule has 1 aromatic carbocycles. The van der Waals surface area contributed by atoms with Crippen LogP contribution in [0.25, 0.3) is 0 Å². The van der Waals surface area contributed by atoms with Crippen LogP contribution in [0.15, 0.2) is 24.3 Å². The van der Waals surface area contributed by atoms with Crippen molar-refractivity contribution in [3.63, 3.8) is 0 Å². The first-order chi connectivity index (χ1) is 9.33. The lowest BCUT2D eigenvalue weighted by atomic mass is 10.1. The van der Waals surface area contributed by atoms with Crippen molar-refractivity contribution >= 4 is 0 Å². The molecule has 3 nitrogen and oxygen atoms in total. The Bertz CT molecular complexity index is 377. The number of methoxy groups -OCH3 is 1. The van der Waals surface area contributed by atoms with Gasteiger partial charge in [0.25, 0.3) is 0 Å². The zero-order chi connectivity index (χ0) is 13.5. The van der Waals surface area contributed by atoms with Gasteiger partial charge >= 0.3 is 0 Å². The molecule has 0 amide bonds. The molecule has 3 heteroatoms. The van der Waals surface area contributed by atoms with Crippen LogP contribution >= 0.6 is 0 Å². The highest BCUT2D eigenvalue weighted by Gasteiger charge is 2.24. The summed E-state index contributed by atoms with van der Waals surface area (Å²) in [6.07, 6.45) is 5.38. The van der Waals surface area contributed by atoms with Gasteiger partial charge in [0, 0.05) is 12.6 Å². The molecule has 0 aromatic heterocycles. The summed E-state index contributed by atoms with van der Waals surface area (Å²) in [4.78, 5) is 0. The van der Waals surface area contributed by atoms with Crippen LogP contribution in [0.5, 0.6) is 11.5 Å². The summed E-state index contributed by atoms with van der Waals surface area (Å²) in [7, 11) is 1.67. The Morgan fingerprint density at radius 2 is 2.00 bits per heavy atom. The summed E-state index contributed by atoms with van der Waals surface area (Å²) in [6, 6.07) is 8.43. The van der Waals surface area contributed by atoms with Gasteiger partial charge in [-0.3, -0.25) is 0 Å². The monoisotopic (exact) mass is 263 g/mol. The van der Waals surface area contributed by atoms with Gasteiger partial charge in [0.2, 0.25) is 0 Å². The van der Waals surface area contributed by atoms with Crippen molar-refractivity contribution in [3.8, 4) is 11.5 Å². The first-order valence-electron chi connectivity index (χ1n) is 7.32. The lowest BCUT2D eigenvalue weighted by Gasteiger charge is -2.17. The van der Waals surface area contributed by atoms with Gasteiger partial charge in [0.1, 0.15) is 6.61 Å². The van der Waals surface area contributed by atoms with E-state index in [0.717, 1.165) is 24.0 Å². The van der Waals surface area contributed by atoms with Crippen LogP contribution in [0.4, 0.5) is 0 Å². The van der Waals surface area contributed by atoms with E-state index in [1.165, 1.54) is 25.7 Å². The smallest absolute Gasteiger partial charge is 0.161 e. The van der Waals surface area contributed by atoms with Gasteiger partial charge in [-0.05, 0) is 30.9 Å². The minimum Gasteiger partial charge on any atom is -0.493 e. The Balaban J connectivity index is 1.67. The molecule has 1 aliphatic carbocycles. The Labute approximate surface area is 116 Å². The third-order valence-corrected chi connectivity index (χ3v) is 3.67. The van der Waals surface area contributed by atoms with Gasteiger partial charge in [-0.15, -0.1) is 0 Å². The highest BCUT2D eigenvalue weighted by Crippen LogP contribution is 2.34. The number of hydrogen-bond donors (Lipinski definition) is 1. The molecule has 1 fully saturated rings. The van der Waals surface area contributed by atoms with Crippen molar-refractivity contribution in [2.45, 2.75) is 38.6 Å². The van der Waals surface area contributed by atoms with Crippen LogP contribution in [-0.2, 0) is 0 Å². The summed E-state index contributed by atoms with van der Waals surface area (Å²) in [5.41, 5.74) is 0. The van der Waals surface area contributed by atoms with E-state index in [1.807, 2.05) is 24.3 Å². The maximum Gasteiger partial charge on any atom is 0.161 e. The maximum absolute atomic E-state index is 5.76. The van der Waals surface area contributed by atoms with Gasteiger partial charge in [-0.1, -0.05) is 31.9 Å². The van der Waals surface area contributed by atoms with Gasteiger partial charge in [-0.2, -0.15) is 0 Å². The molecule has 0 spiro atoms. The topological polar surface area (TPSA) is 30.5 Å². The molecule has 0 radical (unpaired) electrons. The second-order valence-corrected chi connectivity index (χ2v) is 5.24.